The summed E-state index contributed by atoms with van der Waals surface area (Å²) in [5.74, 6) is 1.50. The summed E-state index contributed by atoms with van der Waals surface area (Å²) in [4.78, 5) is 16.8. The van der Waals surface area contributed by atoms with E-state index in [0.717, 1.165) is 49.9 Å². The molecular formula is C21H31N3O. The van der Waals surface area contributed by atoms with Crippen LogP contribution >= 0.6 is 0 Å². The summed E-state index contributed by atoms with van der Waals surface area (Å²) in [6.07, 6.45) is 4.87. The van der Waals surface area contributed by atoms with Crippen molar-refractivity contribution in [2.24, 2.45) is 11.8 Å². The van der Waals surface area contributed by atoms with Gasteiger partial charge in [0.2, 0.25) is 0 Å². The molecule has 2 atom stereocenters. The lowest BCUT2D eigenvalue weighted by Crippen LogP contribution is -2.47. The second-order valence-corrected chi connectivity index (χ2v) is 7.66. The predicted molar refractivity (Wildman–Crippen MR) is 104 cm³/mol. The number of nitrogens with zero attached hydrogens (tertiary/aromatic N) is 2. The molecule has 1 aromatic carbocycles. The quantitative estimate of drug-likeness (QED) is 0.852. The summed E-state index contributed by atoms with van der Waals surface area (Å²) in [5, 5.41) is 3.55. The molecular weight excluding hydrogens is 310 g/mol. The molecule has 1 aliphatic carbocycles. The number of amides is 1. The number of carbonyl (C=O) groups excluding carboxylic acids is 1. The van der Waals surface area contributed by atoms with Crippen molar-refractivity contribution in [3.05, 3.63) is 41.5 Å². The summed E-state index contributed by atoms with van der Waals surface area (Å²) >= 11 is 0. The van der Waals surface area contributed by atoms with Gasteiger partial charge in [-0.2, -0.15) is 0 Å². The van der Waals surface area contributed by atoms with Crippen LogP contribution in [0.15, 0.2) is 35.9 Å². The zero-order valence-electron chi connectivity index (χ0n) is 15.8. The first-order valence-corrected chi connectivity index (χ1v) is 9.53. The fraction of sp³-hybridized carbons (Fsp3) is 0.571. The zero-order chi connectivity index (χ0) is 17.8. The van der Waals surface area contributed by atoms with Crippen LogP contribution in [-0.4, -0.2) is 55.5 Å². The van der Waals surface area contributed by atoms with Crippen molar-refractivity contribution in [3.63, 3.8) is 0 Å². The molecule has 1 aromatic rings. The largest absolute Gasteiger partial charge is 0.384 e. The highest BCUT2D eigenvalue weighted by atomic mass is 16.2. The zero-order valence-corrected chi connectivity index (χ0v) is 15.8. The maximum Gasteiger partial charge on any atom is 0.253 e. The second-order valence-electron chi connectivity index (χ2n) is 7.66. The van der Waals surface area contributed by atoms with Crippen molar-refractivity contribution >= 4 is 11.6 Å². The first kappa shape index (κ1) is 18.0. The Morgan fingerprint density at radius 1 is 1.16 bits per heavy atom. The summed E-state index contributed by atoms with van der Waals surface area (Å²) in [5.41, 5.74) is 3.39. The Hall–Kier alpha value is -1.81. The van der Waals surface area contributed by atoms with Gasteiger partial charge in [-0.3, -0.25) is 4.79 Å². The molecule has 1 amide bonds. The Kier molecular flexibility index (Phi) is 5.79. The number of likely N-dealkylation sites (N-methyl/N-ethyl adjacent to an activating group) is 1. The fourth-order valence-electron chi connectivity index (χ4n) is 3.89. The molecule has 25 heavy (non-hydrogen) atoms. The van der Waals surface area contributed by atoms with E-state index in [9.17, 15) is 4.79 Å². The van der Waals surface area contributed by atoms with Gasteiger partial charge in [0, 0.05) is 44.0 Å². The van der Waals surface area contributed by atoms with E-state index in [0.29, 0.717) is 5.92 Å². The van der Waals surface area contributed by atoms with Crippen molar-refractivity contribution in [2.45, 2.75) is 26.7 Å². The normalized spacial score (nSPS) is 24.8. The number of hydrogen-bond donors (Lipinski definition) is 1. The van der Waals surface area contributed by atoms with Crippen molar-refractivity contribution in [1.29, 1.82) is 0 Å². The average molecular weight is 341 g/mol. The lowest BCUT2D eigenvalue weighted by molar-refractivity contribution is 0.0664. The summed E-state index contributed by atoms with van der Waals surface area (Å²) in [6.45, 7) is 9.12. The molecule has 1 fully saturated rings. The molecule has 0 bridgehead atoms. The Balaban J connectivity index is 1.56. The van der Waals surface area contributed by atoms with Crippen molar-refractivity contribution in [3.8, 4) is 0 Å². The standard InChI is InChI=1S/C21H31N3O/c1-16-5-4-6-17(2)20(16)15-22-19-9-7-18(8-10-19)21(25)24-13-11-23(3)12-14-24/h5,7-10,17,20,22H,4,6,11-15H2,1-3H3/t17-,20-/m1/s1. The van der Waals surface area contributed by atoms with E-state index in [1.807, 2.05) is 29.2 Å². The summed E-state index contributed by atoms with van der Waals surface area (Å²) in [6, 6.07) is 7.98. The van der Waals surface area contributed by atoms with E-state index in [2.05, 4.69) is 37.2 Å². The molecule has 0 radical (unpaired) electrons. The molecule has 1 aliphatic heterocycles. The summed E-state index contributed by atoms with van der Waals surface area (Å²) < 4.78 is 0. The predicted octanol–water partition coefficient (Wildman–Crippen LogP) is 3.48. The van der Waals surface area contributed by atoms with Crippen LogP contribution in [0.25, 0.3) is 0 Å². The van der Waals surface area contributed by atoms with Crippen molar-refractivity contribution in [2.75, 3.05) is 45.1 Å². The van der Waals surface area contributed by atoms with Gasteiger partial charge >= 0.3 is 0 Å². The minimum Gasteiger partial charge on any atom is -0.384 e. The Morgan fingerprint density at radius 3 is 2.48 bits per heavy atom. The maximum atomic E-state index is 12.6. The monoisotopic (exact) mass is 341 g/mol. The van der Waals surface area contributed by atoms with E-state index in [1.165, 1.54) is 18.4 Å². The van der Waals surface area contributed by atoms with Crippen LogP contribution in [-0.2, 0) is 0 Å². The van der Waals surface area contributed by atoms with Crippen LogP contribution in [0.4, 0.5) is 5.69 Å². The molecule has 0 spiro atoms. The lowest BCUT2D eigenvalue weighted by atomic mass is 9.80. The smallest absolute Gasteiger partial charge is 0.253 e. The number of allylic oxidation sites excluding steroid dienone is 1. The lowest BCUT2D eigenvalue weighted by Gasteiger charge is -2.32. The molecule has 2 aliphatic rings. The Morgan fingerprint density at radius 2 is 1.84 bits per heavy atom. The van der Waals surface area contributed by atoms with E-state index in [-0.39, 0.29) is 5.91 Å². The first-order chi connectivity index (χ1) is 12.0. The minimum absolute atomic E-state index is 0.152. The Bertz CT molecular complexity index is 615. The van der Waals surface area contributed by atoms with E-state index in [1.54, 1.807) is 0 Å². The first-order valence-electron chi connectivity index (χ1n) is 9.53. The van der Waals surface area contributed by atoms with Gasteiger partial charge in [0.05, 0.1) is 0 Å². The SMILES string of the molecule is CC1=CCC[C@@H](C)[C@@H]1CNc1ccc(C(=O)N2CCN(C)CC2)cc1. The highest BCUT2D eigenvalue weighted by Gasteiger charge is 2.22. The fourth-order valence-corrected chi connectivity index (χ4v) is 3.89. The van der Waals surface area contributed by atoms with Crippen LogP contribution in [0.3, 0.4) is 0 Å². The highest BCUT2D eigenvalue weighted by molar-refractivity contribution is 5.94. The second kappa shape index (κ2) is 8.05. The van der Waals surface area contributed by atoms with Crippen LogP contribution < -0.4 is 5.32 Å². The number of benzene rings is 1. The van der Waals surface area contributed by atoms with Gasteiger partial charge in [0.1, 0.15) is 0 Å². The number of rotatable bonds is 4. The molecule has 136 valence electrons. The molecule has 1 saturated heterocycles. The molecule has 1 N–H and O–H groups in total. The maximum absolute atomic E-state index is 12.6. The molecule has 0 aromatic heterocycles. The number of piperazine rings is 1. The molecule has 0 saturated carbocycles. The van der Waals surface area contributed by atoms with Gasteiger partial charge in [-0.1, -0.05) is 18.6 Å². The molecule has 0 unspecified atom stereocenters. The number of carbonyl (C=O) groups is 1. The van der Waals surface area contributed by atoms with Crippen LogP contribution in [0.1, 0.15) is 37.0 Å². The molecule has 3 rings (SSSR count). The van der Waals surface area contributed by atoms with E-state index >= 15 is 0 Å². The van der Waals surface area contributed by atoms with E-state index in [4.69, 9.17) is 0 Å². The third kappa shape index (κ3) is 4.43. The molecule has 4 nitrogen and oxygen atoms in total. The third-order valence-corrected chi connectivity index (χ3v) is 5.81. The topological polar surface area (TPSA) is 35.6 Å². The average Bonchev–Trinajstić information content (AvgIpc) is 2.62. The van der Waals surface area contributed by atoms with Gasteiger partial charge < -0.3 is 15.1 Å². The van der Waals surface area contributed by atoms with Crippen molar-refractivity contribution < 1.29 is 4.79 Å². The molecule has 4 heteroatoms. The minimum atomic E-state index is 0.152. The van der Waals surface area contributed by atoms with Gasteiger partial charge in [-0.05, 0) is 62.9 Å². The summed E-state index contributed by atoms with van der Waals surface area (Å²) in [7, 11) is 2.10. The van der Waals surface area contributed by atoms with Gasteiger partial charge in [0.25, 0.3) is 5.91 Å². The van der Waals surface area contributed by atoms with Crippen LogP contribution in [0.5, 0.6) is 0 Å². The van der Waals surface area contributed by atoms with Crippen molar-refractivity contribution in [1.82, 2.24) is 9.80 Å². The third-order valence-electron chi connectivity index (χ3n) is 5.81. The van der Waals surface area contributed by atoms with E-state index < -0.39 is 0 Å². The van der Waals surface area contributed by atoms with Gasteiger partial charge in [0.15, 0.2) is 0 Å². The van der Waals surface area contributed by atoms with Gasteiger partial charge in [-0.25, -0.2) is 0 Å². The number of nitrogens with one attached hydrogen (secondary N) is 1. The molecule has 1 heterocycles. The van der Waals surface area contributed by atoms with Gasteiger partial charge in [-0.15, -0.1) is 0 Å². The number of hydrogen-bond acceptors (Lipinski definition) is 3. The highest BCUT2D eigenvalue weighted by Crippen LogP contribution is 2.30. The number of anilines is 1. The van der Waals surface area contributed by atoms with Crippen LogP contribution in [0.2, 0.25) is 0 Å². The Labute approximate surface area is 151 Å². The van der Waals surface area contributed by atoms with Crippen LogP contribution in [0, 0.1) is 11.8 Å².